The number of aliphatic hydroxyl groups excluding tert-OH is 1. The van der Waals surface area contributed by atoms with E-state index in [1.54, 1.807) is 19.2 Å². The molecule has 0 aliphatic carbocycles. The van der Waals surface area contributed by atoms with Gasteiger partial charge in [0.25, 0.3) is 5.91 Å². The van der Waals surface area contributed by atoms with Crippen molar-refractivity contribution in [1.82, 2.24) is 14.8 Å². The van der Waals surface area contributed by atoms with Crippen LogP contribution >= 0.6 is 11.6 Å². The van der Waals surface area contributed by atoms with Crippen LogP contribution in [0.1, 0.15) is 16.8 Å². The van der Waals surface area contributed by atoms with Gasteiger partial charge in [0, 0.05) is 26.3 Å². The fourth-order valence-electron chi connectivity index (χ4n) is 1.65. The van der Waals surface area contributed by atoms with Crippen LogP contribution in [0, 0.1) is 0 Å². The molecule has 0 saturated heterocycles. The first-order valence-corrected chi connectivity index (χ1v) is 6.48. The highest BCUT2D eigenvalue weighted by molar-refractivity contribution is 6.32. The normalized spacial score (nSPS) is 12.5. The van der Waals surface area contributed by atoms with Gasteiger partial charge in [-0.3, -0.25) is 4.79 Å². The largest absolute Gasteiger partial charge is 0.391 e. The molecule has 1 rings (SSSR count). The number of halogens is 1. The summed E-state index contributed by atoms with van der Waals surface area (Å²) in [5.41, 5.74) is 0.353. The molecule has 5 nitrogen and oxygen atoms in total. The molecule has 0 aliphatic rings. The van der Waals surface area contributed by atoms with Gasteiger partial charge < -0.3 is 14.9 Å². The molecule has 1 amide bonds. The van der Waals surface area contributed by atoms with E-state index in [2.05, 4.69) is 4.98 Å². The Morgan fingerprint density at radius 3 is 2.74 bits per heavy atom. The monoisotopic (exact) mass is 285 g/mol. The van der Waals surface area contributed by atoms with Gasteiger partial charge in [0.1, 0.15) is 5.15 Å². The van der Waals surface area contributed by atoms with Gasteiger partial charge in [-0.1, -0.05) is 11.6 Å². The maximum Gasteiger partial charge on any atom is 0.256 e. The standard InChI is InChI=1S/C13H20ClN3O2/c1-16(2)8-6-10(18)9-17(3)13(19)11-5-4-7-15-12(11)14/h4-5,7,10,18H,6,8-9H2,1-3H3. The first kappa shape index (κ1) is 15.9. The van der Waals surface area contributed by atoms with E-state index in [9.17, 15) is 9.90 Å². The van der Waals surface area contributed by atoms with Gasteiger partial charge in [0.2, 0.25) is 0 Å². The van der Waals surface area contributed by atoms with Gasteiger partial charge in [0.15, 0.2) is 0 Å². The number of pyridine rings is 1. The summed E-state index contributed by atoms with van der Waals surface area (Å²) in [6, 6.07) is 3.29. The summed E-state index contributed by atoms with van der Waals surface area (Å²) < 4.78 is 0. The van der Waals surface area contributed by atoms with Crippen molar-refractivity contribution in [3.8, 4) is 0 Å². The number of rotatable bonds is 6. The van der Waals surface area contributed by atoms with Crippen molar-refractivity contribution in [2.45, 2.75) is 12.5 Å². The Bertz CT molecular complexity index is 426. The van der Waals surface area contributed by atoms with Gasteiger partial charge in [-0.2, -0.15) is 0 Å². The van der Waals surface area contributed by atoms with Crippen molar-refractivity contribution in [2.24, 2.45) is 0 Å². The number of carbonyl (C=O) groups excluding carboxylic acids is 1. The predicted molar refractivity (Wildman–Crippen MR) is 75.4 cm³/mol. The van der Waals surface area contributed by atoms with E-state index in [1.165, 1.54) is 11.1 Å². The topological polar surface area (TPSA) is 56.7 Å². The van der Waals surface area contributed by atoms with Crippen molar-refractivity contribution >= 4 is 17.5 Å². The summed E-state index contributed by atoms with van der Waals surface area (Å²) in [7, 11) is 5.53. The Balaban J connectivity index is 2.56. The van der Waals surface area contributed by atoms with Crippen molar-refractivity contribution < 1.29 is 9.90 Å². The molecule has 6 heteroatoms. The highest BCUT2D eigenvalue weighted by atomic mass is 35.5. The van der Waals surface area contributed by atoms with Crippen LogP contribution in [0.5, 0.6) is 0 Å². The zero-order chi connectivity index (χ0) is 14.4. The SMILES string of the molecule is CN(C)CCC(O)CN(C)C(=O)c1cccnc1Cl. The second-order valence-corrected chi connectivity index (χ2v) is 5.13. The molecule has 0 spiro atoms. The predicted octanol–water partition coefficient (Wildman–Crippen LogP) is 1.12. The number of hydrogen-bond donors (Lipinski definition) is 1. The van der Waals surface area contributed by atoms with Gasteiger partial charge in [-0.05, 0) is 32.6 Å². The average molecular weight is 286 g/mol. The van der Waals surface area contributed by atoms with Crippen LogP contribution in [0.25, 0.3) is 0 Å². The maximum atomic E-state index is 12.1. The van der Waals surface area contributed by atoms with Gasteiger partial charge in [0.05, 0.1) is 11.7 Å². The van der Waals surface area contributed by atoms with E-state index in [1.807, 2.05) is 19.0 Å². The minimum absolute atomic E-state index is 0.183. The second-order valence-electron chi connectivity index (χ2n) is 4.77. The Morgan fingerprint density at radius 2 is 2.16 bits per heavy atom. The summed E-state index contributed by atoms with van der Waals surface area (Å²) in [5.74, 6) is -0.234. The molecule has 106 valence electrons. The smallest absolute Gasteiger partial charge is 0.256 e. The number of carbonyl (C=O) groups is 1. The van der Waals surface area contributed by atoms with Crippen LogP contribution in [0.2, 0.25) is 5.15 Å². The highest BCUT2D eigenvalue weighted by Crippen LogP contribution is 2.13. The van der Waals surface area contributed by atoms with Crippen molar-refractivity contribution in [1.29, 1.82) is 0 Å². The molecule has 0 saturated carbocycles. The van der Waals surface area contributed by atoms with Gasteiger partial charge in [-0.15, -0.1) is 0 Å². The third kappa shape index (κ3) is 5.14. The molecule has 0 fully saturated rings. The summed E-state index contributed by atoms with van der Waals surface area (Å²) in [5, 5.41) is 10.0. The zero-order valence-corrected chi connectivity index (χ0v) is 12.3. The van der Waals surface area contributed by atoms with E-state index in [4.69, 9.17) is 11.6 Å². The lowest BCUT2D eigenvalue weighted by Gasteiger charge is -2.22. The highest BCUT2D eigenvalue weighted by Gasteiger charge is 2.18. The third-order valence-electron chi connectivity index (χ3n) is 2.73. The molecule has 1 N–H and O–H groups in total. The van der Waals surface area contributed by atoms with Crippen molar-refractivity contribution in [2.75, 3.05) is 34.2 Å². The molecule has 1 heterocycles. The van der Waals surface area contributed by atoms with Gasteiger partial charge >= 0.3 is 0 Å². The number of hydrogen-bond acceptors (Lipinski definition) is 4. The fourth-order valence-corrected chi connectivity index (χ4v) is 1.85. The summed E-state index contributed by atoms with van der Waals surface area (Å²) in [4.78, 5) is 19.4. The number of likely N-dealkylation sites (N-methyl/N-ethyl adjacent to an activating group) is 1. The van der Waals surface area contributed by atoms with Gasteiger partial charge in [-0.25, -0.2) is 4.98 Å². The molecule has 0 radical (unpaired) electrons. The van der Waals surface area contributed by atoms with E-state index >= 15 is 0 Å². The van der Waals surface area contributed by atoms with Crippen LogP contribution in [0.3, 0.4) is 0 Å². The molecule has 1 unspecified atom stereocenters. The third-order valence-corrected chi connectivity index (χ3v) is 3.03. The first-order valence-electron chi connectivity index (χ1n) is 6.10. The Kier molecular flexibility index (Phi) is 6.21. The molecular formula is C13H20ClN3O2. The average Bonchev–Trinajstić information content (AvgIpc) is 2.36. The van der Waals surface area contributed by atoms with E-state index in [0.717, 1.165) is 6.54 Å². The van der Waals surface area contributed by atoms with Crippen LogP contribution in [0.4, 0.5) is 0 Å². The number of aliphatic hydroxyl groups is 1. The summed E-state index contributed by atoms with van der Waals surface area (Å²) >= 11 is 5.87. The minimum atomic E-state index is -0.549. The Labute approximate surface area is 118 Å². The first-order chi connectivity index (χ1) is 8.91. The Hall–Kier alpha value is -1.17. The molecule has 0 bridgehead atoms. The number of nitrogens with zero attached hydrogens (tertiary/aromatic N) is 3. The lowest BCUT2D eigenvalue weighted by molar-refractivity contribution is 0.0656. The lowest BCUT2D eigenvalue weighted by atomic mass is 10.2. The molecule has 19 heavy (non-hydrogen) atoms. The molecule has 1 aromatic heterocycles. The van der Waals surface area contributed by atoms with E-state index in [-0.39, 0.29) is 17.6 Å². The van der Waals surface area contributed by atoms with Crippen molar-refractivity contribution in [3.63, 3.8) is 0 Å². The zero-order valence-electron chi connectivity index (χ0n) is 11.5. The Morgan fingerprint density at radius 1 is 1.47 bits per heavy atom. The molecule has 1 aromatic rings. The quantitative estimate of drug-likeness (QED) is 0.796. The van der Waals surface area contributed by atoms with Crippen LogP contribution in [-0.2, 0) is 0 Å². The lowest BCUT2D eigenvalue weighted by Crippen LogP contribution is -2.35. The van der Waals surface area contributed by atoms with Crippen LogP contribution in [0.15, 0.2) is 18.3 Å². The van der Waals surface area contributed by atoms with Crippen LogP contribution in [-0.4, -0.2) is 66.1 Å². The maximum absolute atomic E-state index is 12.1. The molecule has 0 aromatic carbocycles. The molecule has 0 aliphatic heterocycles. The number of amides is 1. The minimum Gasteiger partial charge on any atom is -0.391 e. The molecule has 1 atom stereocenters. The van der Waals surface area contributed by atoms with E-state index in [0.29, 0.717) is 12.0 Å². The second kappa shape index (κ2) is 7.43. The number of aromatic nitrogens is 1. The van der Waals surface area contributed by atoms with Crippen molar-refractivity contribution in [3.05, 3.63) is 29.0 Å². The summed E-state index contributed by atoms with van der Waals surface area (Å²) in [6.07, 6.45) is 1.60. The molecular weight excluding hydrogens is 266 g/mol. The fraction of sp³-hybridized carbons (Fsp3) is 0.538. The van der Waals surface area contributed by atoms with Crippen LogP contribution < -0.4 is 0 Å². The summed E-state index contributed by atoms with van der Waals surface area (Å²) in [6.45, 7) is 1.05. The van der Waals surface area contributed by atoms with E-state index < -0.39 is 6.10 Å².